The number of fused-ring (bicyclic) bond motifs is 2. The Bertz CT molecular complexity index is 2300. The van der Waals surface area contributed by atoms with E-state index in [1.165, 1.54) is 0 Å². The average molecular weight is 1130 g/mol. The fourth-order valence-electron chi connectivity index (χ4n) is 10.0. The number of anilines is 1. The number of hydrogen-bond acceptors (Lipinski definition) is 21. The molecule has 446 valence electrons. The molecule has 2 fully saturated rings. The van der Waals surface area contributed by atoms with Gasteiger partial charge in [0.1, 0.15) is 23.9 Å². The van der Waals surface area contributed by atoms with Crippen molar-refractivity contribution in [2.45, 2.75) is 195 Å². The van der Waals surface area contributed by atoms with E-state index in [1.807, 2.05) is 19.9 Å². The van der Waals surface area contributed by atoms with Crippen LogP contribution < -0.4 is 11.5 Å². The number of nitrogens with two attached hydrogens (primary N) is 2. The average Bonchev–Trinajstić information content (AvgIpc) is 3.48. The monoisotopic (exact) mass is 1130 g/mol. The van der Waals surface area contributed by atoms with Crippen LogP contribution in [0.3, 0.4) is 0 Å². The molecule has 1 aromatic rings. The summed E-state index contributed by atoms with van der Waals surface area (Å²) in [5.41, 5.74) is 12.7. The first-order chi connectivity index (χ1) is 37.9. The van der Waals surface area contributed by atoms with Crippen LogP contribution in [0.5, 0.6) is 0 Å². The molecule has 21 nitrogen and oxygen atoms in total. The maximum Gasteiger partial charge on any atom is 0.313 e. The van der Waals surface area contributed by atoms with Crippen molar-refractivity contribution in [3.05, 3.63) is 115 Å². The van der Waals surface area contributed by atoms with E-state index in [0.717, 1.165) is 7.11 Å². The smallest absolute Gasteiger partial charge is 0.313 e. The van der Waals surface area contributed by atoms with Gasteiger partial charge in [-0.2, -0.15) is 0 Å². The zero-order valence-corrected chi connectivity index (χ0v) is 46.1. The number of allylic oxidation sites excluding steroid dienone is 12. The summed E-state index contributed by atoms with van der Waals surface area (Å²) in [6.07, 6.45) is 2.76. The number of aliphatic hydroxyl groups excluding tert-OH is 9. The largest absolute Gasteiger partial charge is 0.469 e. The minimum absolute atomic E-state index is 0.126. The molecule has 0 amide bonds. The van der Waals surface area contributed by atoms with Crippen LogP contribution in [0.15, 0.2) is 109 Å². The summed E-state index contributed by atoms with van der Waals surface area (Å²) in [6, 6.07) is 5.24. The van der Waals surface area contributed by atoms with Crippen molar-refractivity contribution in [3.63, 3.8) is 0 Å². The molecule has 0 aliphatic carbocycles. The Morgan fingerprint density at radius 2 is 1.26 bits per heavy atom. The van der Waals surface area contributed by atoms with Gasteiger partial charge in [-0.1, -0.05) is 98.9 Å². The third-order valence-corrected chi connectivity index (χ3v) is 14.3. The van der Waals surface area contributed by atoms with Gasteiger partial charge in [0.25, 0.3) is 0 Å². The molecule has 4 rings (SSSR count). The van der Waals surface area contributed by atoms with Gasteiger partial charge in [0, 0.05) is 55.7 Å². The molecule has 3 aliphatic heterocycles. The van der Waals surface area contributed by atoms with E-state index in [4.69, 9.17) is 35.2 Å². The summed E-state index contributed by atoms with van der Waals surface area (Å²) in [6.45, 7) is 5.23. The van der Waals surface area contributed by atoms with Crippen molar-refractivity contribution >= 4 is 29.2 Å². The van der Waals surface area contributed by atoms with Crippen LogP contribution in [0.1, 0.15) is 108 Å². The number of esters is 2. The highest BCUT2D eigenvalue weighted by molar-refractivity contribution is 5.96. The molecule has 2 bridgehead atoms. The highest BCUT2D eigenvalue weighted by Crippen LogP contribution is 2.39. The minimum Gasteiger partial charge on any atom is -0.469 e. The van der Waals surface area contributed by atoms with Crippen molar-refractivity contribution in [3.8, 4) is 0 Å². The Morgan fingerprint density at radius 3 is 1.86 bits per heavy atom. The van der Waals surface area contributed by atoms with E-state index in [0.29, 0.717) is 17.7 Å². The van der Waals surface area contributed by atoms with E-state index in [2.05, 4.69) is 0 Å². The molecule has 0 aromatic heterocycles. The highest BCUT2D eigenvalue weighted by atomic mass is 16.7. The van der Waals surface area contributed by atoms with Gasteiger partial charge in [0.15, 0.2) is 17.9 Å². The van der Waals surface area contributed by atoms with E-state index in [-0.39, 0.29) is 49.7 Å². The summed E-state index contributed by atoms with van der Waals surface area (Å²) in [7, 11) is 1.11. The first-order valence-electron chi connectivity index (χ1n) is 27.3. The fourth-order valence-corrected chi connectivity index (χ4v) is 10.0. The Morgan fingerprint density at radius 1 is 0.713 bits per heavy atom. The van der Waals surface area contributed by atoms with Crippen LogP contribution in [0, 0.1) is 17.8 Å². The SMILES string of the molecule is COC(=O)C1C(O)CC2(O)CC(O)CC(O)CC(O)CC(O)CC(=O)CC(O)CC(=O)OC(C(C)CCC(O)CC(=O)c3ccc(N)cc3)C(C)/C=C/C=C/C=C/C=C/C=C/C=C/C=C/C(O[C@H]3O[C@@H](C)[C@H](O)[C@@H](N)[C@H]3O)CC1O2. The normalized spacial score (nSPS) is 38.0. The Kier molecular flexibility index (Phi) is 28.4. The molecule has 14 unspecified atom stereocenters. The maximum atomic E-state index is 13.3. The Labute approximate surface area is 468 Å². The lowest BCUT2D eigenvalue weighted by molar-refractivity contribution is -0.308. The van der Waals surface area contributed by atoms with E-state index in [9.17, 15) is 70.2 Å². The maximum absolute atomic E-state index is 13.3. The van der Waals surface area contributed by atoms with Gasteiger partial charge in [-0.3, -0.25) is 19.2 Å². The summed E-state index contributed by atoms with van der Waals surface area (Å²) in [5, 5.41) is 109. The standard InChI is InChI=1S/C59H86N2O19/c1-35-17-15-13-11-9-7-5-6-8-10-12-14-16-18-47(78-58-55(73)53(61)54(72)37(3)77-58)32-50-52(57(74)76-4)49(70)34-59(75,80-50)33-46(68)29-44(66)27-42(64)25-41(63)26-43(65)28-45(67)31-51(71)79-56(35)36(2)19-24-40(62)30-48(69)38-20-22-39(60)23-21-38/h5-18,20-23,35-37,40-42,44-47,49-50,52-56,58,62-64,66-68,70,72-73,75H,19,24-34,60-61H2,1-4H3/b6-5+,9-7+,10-8+,13-11+,14-12+,17-15+,18-16+/t35?,36?,37-,40?,41?,42?,44?,45?,46?,47?,49?,50?,52?,53+,54-,55+,56?,58+,59?/m0/s1. The highest BCUT2D eigenvalue weighted by Gasteiger charge is 2.51. The molecule has 0 saturated carbocycles. The zero-order valence-electron chi connectivity index (χ0n) is 46.1. The summed E-state index contributed by atoms with van der Waals surface area (Å²) >= 11 is 0. The van der Waals surface area contributed by atoms with Gasteiger partial charge in [0.05, 0.1) is 86.7 Å². The van der Waals surface area contributed by atoms with E-state index < -0.39 is 160 Å². The van der Waals surface area contributed by atoms with Crippen LogP contribution in [0.25, 0.3) is 0 Å². The number of Topliss-reactive ketones (excluding diaryl/α,β-unsaturated/α-hetero) is 2. The summed E-state index contributed by atoms with van der Waals surface area (Å²) in [4.78, 5) is 52.2. The van der Waals surface area contributed by atoms with Crippen LogP contribution in [0.2, 0.25) is 0 Å². The third kappa shape index (κ3) is 23.0. The topological polar surface area (TPSA) is 369 Å². The minimum atomic E-state index is -2.29. The molecule has 14 N–H and O–H groups in total. The van der Waals surface area contributed by atoms with Gasteiger partial charge in [-0.15, -0.1) is 0 Å². The lowest BCUT2D eigenvalue weighted by Gasteiger charge is -2.45. The Balaban J connectivity index is 1.55. The van der Waals surface area contributed by atoms with E-state index >= 15 is 0 Å². The van der Waals surface area contributed by atoms with Gasteiger partial charge in [0.2, 0.25) is 0 Å². The second kappa shape index (κ2) is 33.7. The zero-order chi connectivity index (χ0) is 59.1. The predicted molar refractivity (Wildman–Crippen MR) is 294 cm³/mol. The fraction of sp³-hybridized carbons (Fsp3) is 0.593. The number of nitrogen functional groups attached to an aromatic ring is 1. The number of cyclic esters (lactones) is 1. The van der Waals surface area contributed by atoms with Gasteiger partial charge in [-0.05, 0) is 69.2 Å². The molecule has 3 aliphatic rings. The molecule has 0 radical (unpaired) electrons. The second-order valence-electron chi connectivity index (χ2n) is 21.4. The van der Waals surface area contributed by atoms with Crippen molar-refractivity contribution in [2.24, 2.45) is 23.5 Å². The first-order valence-corrected chi connectivity index (χ1v) is 27.3. The van der Waals surface area contributed by atoms with Crippen molar-refractivity contribution in [1.82, 2.24) is 0 Å². The first kappa shape index (κ1) is 67.4. The number of hydrogen-bond donors (Lipinski definition) is 12. The molecule has 1 aromatic carbocycles. The van der Waals surface area contributed by atoms with Gasteiger partial charge >= 0.3 is 11.9 Å². The molecule has 19 atom stereocenters. The number of methoxy groups -OCH3 is 1. The number of ether oxygens (including phenoxy) is 5. The molecule has 21 heteroatoms. The molecule has 80 heavy (non-hydrogen) atoms. The van der Waals surface area contributed by atoms with Crippen LogP contribution in [-0.2, 0) is 38.1 Å². The quantitative estimate of drug-likeness (QED) is 0.0909. The molecule has 2 saturated heterocycles. The van der Waals surface area contributed by atoms with E-state index in [1.54, 1.807) is 110 Å². The predicted octanol–water partition coefficient (Wildman–Crippen LogP) is 2.37. The van der Waals surface area contributed by atoms with Crippen LogP contribution in [0.4, 0.5) is 5.69 Å². The lowest BCUT2D eigenvalue weighted by atomic mass is 9.82. The molecule has 0 spiro atoms. The summed E-state index contributed by atoms with van der Waals surface area (Å²) < 4.78 is 28.9. The summed E-state index contributed by atoms with van der Waals surface area (Å²) in [5.74, 6) is -6.91. The third-order valence-electron chi connectivity index (χ3n) is 14.3. The van der Waals surface area contributed by atoms with Gasteiger partial charge < -0.3 is 86.2 Å². The van der Waals surface area contributed by atoms with Crippen LogP contribution >= 0.6 is 0 Å². The molecule has 3 heterocycles. The number of ketones is 2. The number of aliphatic hydroxyl groups is 10. The molecular weight excluding hydrogens is 1040 g/mol. The molecular formula is C59H86N2O19. The Hall–Kier alpha value is -5.08. The van der Waals surface area contributed by atoms with Crippen molar-refractivity contribution in [2.75, 3.05) is 12.8 Å². The number of carbonyl (C=O) groups excluding carboxylic acids is 4. The number of carbonyl (C=O) groups is 4. The number of rotatable bonds is 10. The van der Waals surface area contributed by atoms with Crippen molar-refractivity contribution < 1.29 is 93.9 Å². The van der Waals surface area contributed by atoms with Gasteiger partial charge in [-0.25, -0.2) is 0 Å². The number of benzene rings is 1. The van der Waals surface area contributed by atoms with Crippen LogP contribution in [-0.4, -0.2) is 179 Å². The second-order valence-corrected chi connectivity index (χ2v) is 21.4. The lowest BCUT2D eigenvalue weighted by Crippen LogP contribution is -2.61. The van der Waals surface area contributed by atoms with Crippen molar-refractivity contribution in [1.29, 1.82) is 0 Å².